The number of carbonyl (C=O) groups is 2. The molecule has 1 fully saturated rings. The number of ether oxygens (including phenoxy) is 1. The van der Waals surface area contributed by atoms with Crippen LogP contribution < -0.4 is 0 Å². The first kappa shape index (κ1) is 17.3. The summed E-state index contributed by atoms with van der Waals surface area (Å²) >= 11 is 0. The molecule has 1 aromatic rings. The lowest BCUT2D eigenvalue weighted by atomic mass is 9.93. The minimum atomic E-state index is -1.11. The van der Waals surface area contributed by atoms with Crippen LogP contribution in [0.5, 0.6) is 0 Å². The van der Waals surface area contributed by atoms with Gasteiger partial charge in [0.15, 0.2) is 0 Å². The number of aryl methyl sites for hydroxylation is 1. The van der Waals surface area contributed by atoms with E-state index in [1.54, 1.807) is 4.90 Å². The molecule has 7 heteroatoms. The van der Waals surface area contributed by atoms with Gasteiger partial charge in [-0.25, -0.2) is 9.59 Å². The molecule has 0 aliphatic carbocycles. The van der Waals surface area contributed by atoms with Gasteiger partial charge in [-0.2, -0.15) is 0 Å². The van der Waals surface area contributed by atoms with E-state index in [2.05, 4.69) is 5.16 Å². The number of piperidine rings is 1. The number of hydrogen-bond acceptors (Lipinski definition) is 5. The number of aromatic carboxylic acids is 1. The Morgan fingerprint density at radius 2 is 2.22 bits per heavy atom. The van der Waals surface area contributed by atoms with Gasteiger partial charge in [0.2, 0.25) is 5.76 Å². The molecule has 1 N–H and O–H groups in total. The molecule has 1 atom stereocenters. The number of rotatable bonds is 4. The molecule has 0 saturated carbocycles. The van der Waals surface area contributed by atoms with E-state index in [0.29, 0.717) is 24.6 Å². The lowest BCUT2D eigenvalue weighted by Crippen LogP contribution is -2.42. The van der Waals surface area contributed by atoms with Crippen LogP contribution in [-0.2, 0) is 11.2 Å². The Labute approximate surface area is 135 Å². The van der Waals surface area contributed by atoms with Crippen LogP contribution in [0, 0.1) is 5.92 Å². The number of nitrogens with zero attached hydrogens (tertiary/aromatic N) is 2. The van der Waals surface area contributed by atoms with Crippen LogP contribution in [0.3, 0.4) is 0 Å². The number of carboxylic acids is 1. The molecule has 1 aromatic heterocycles. The Morgan fingerprint density at radius 3 is 2.83 bits per heavy atom. The summed E-state index contributed by atoms with van der Waals surface area (Å²) in [7, 11) is 0. The van der Waals surface area contributed by atoms with E-state index in [9.17, 15) is 9.59 Å². The van der Waals surface area contributed by atoms with Crippen molar-refractivity contribution in [3.05, 3.63) is 17.5 Å². The summed E-state index contributed by atoms with van der Waals surface area (Å²) in [5.41, 5.74) is 0.148. The summed E-state index contributed by atoms with van der Waals surface area (Å²) < 4.78 is 10.2. The highest BCUT2D eigenvalue weighted by atomic mass is 16.6. The van der Waals surface area contributed by atoms with Gasteiger partial charge >= 0.3 is 12.1 Å². The van der Waals surface area contributed by atoms with Gasteiger partial charge in [0.1, 0.15) is 5.60 Å². The normalized spacial score (nSPS) is 18.7. The first-order chi connectivity index (χ1) is 10.7. The molecule has 1 unspecified atom stereocenters. The van der Waals surface area contributed by atoms with Crippen molar-refractivity contribution in [3.8, 4) is 0 Å². The molecule has 0 aromatic carbocycles. The first-order valence-corrected chi connectivity index (χ1v) is 7.91. The van der Waals surface area contributed by atoms with Crippen molar-refractivity contribution in [2.75, 3.05) is 13.1 Å². The van der Waals surface area contributed by atoms with E-state index >= 15 is 0 Å². The second kappa shape index (κ2) is 7.02. The van der Waals surface area contributed by atoms with Crippen LogP contribution in [0.25, 0.3) is 0 Å². The van der Waals surface area contributed by atoms with E-state index in [4.69, 9.17) is 14.4 Å². The number of carboxylic acid groups (broad SMARTS) is 1. The molecule has 0 bridgehead atoms. The Morgan fingerprint density at radius 1 is 1.48 bits per heavy atom. The van der Waals surface area contributed by atoms with Crippen LogP contribution in [-0.4, -0.2) is 45.9 Å². The number of carbonyl (C=O) groups excluding carboxylic acids is 1. The van der Waals surface area contributed by atoms with Crippen LogP contribution in [0.15, 0.2) is 10.6 Å². The average Bonchev–Trinajstić information content (AvgIpc) is 2.93. The van der Waals surface area contributed by atoms with Crippen LogP contribution >= 0.6 is 0 Å². The van der Waals surface area contributed by atoms with E-state index in [1.807, 2.05) is 20.8 Å². The fraction of sp³-hybridized carbons (Fsp3) is 0.688. The zero-order valence-electron chi connectivity index (χ0n) is 13.9. The third kappa shape index (κ3) is 5.26. The quantitative estimate of drug-likeness (QED) is 0.915. The molecule has 1 aliphatic heterocycles. The molecule has 0 radical (unpaired) electrons. The van der Waals surface area contributed by atoms with Crippen LogP contribution in [0.2, 0.25) is 0 Å². The minimum Gasteiger partial charge on any atom is -0.475 e. The van der Waals surface area contributed by atoms with E-state index in [-0.39, 0.29) is 11.9 Å². The standard InChI is InChI=1S/C16H24N2O5/c1-16(2,3)22-15(21)18-8-4-5-11(10-18)6-7-12-9-13(14(19)20)23-17-12/h9,11H,4-8,10H2,1-3H3,(H,19,20). The summed E-state index contributed by atoms with van der Waals surface area (Å²) in [5, 5.41) is 12.6. The number of likely N-dealkylation sites (tertiary alicyclic amines) is 1. The van der Waals surface area contributed by atoms with Gasteiger partial charge in [-0.3, -0.25) is 0 Å². The maximum absolute atomic E-state index is 12.1. The highest BCUT2D eigenvalue weighted by Gasteiger charge is 2.27. The highest BCUT2D eigenvalue weighted by Crippen LogP contribution is 2.23. The fourth-order valence-corrected chi connectivity index (χ4v) is 2.68. The van der Waals surface area contributed by atoms with Gasteiger partial charge in [0, 0.05) is 19.2 Å². The van der Waals surface area contributed by atoms with Gasteiger partial charge in [-0.1, -0.05) is 5.16 Å². The summed E-state index contributed by atoms with van der Waals surface area (Å²) in [6.45, 7) is 6.96. The van der Waals surface area contributed by atoms with E-state index in [0.717, 1.165) is 25.8 Å². The fourth-order valence-electron chi connectivity index (χ4n) is 2.68. The smallest absolute Gasteiger partial charge is 0.410 e. The van der Waals surface area contributed by atoms with Gasteiger partial charge in [0.05, 0.1) is 5.69 Å². The van der Waals surface area contributed by atoms with Crippen molar-refractivity contribution in [3.63, 3.8) is 0 Å². The summed E-state index contributed by atoms with van der Waals surface area (Å²) in [4.78, 5) is 24.6. The highest BCUT2D eigenvalue weighted by molar-refractivity contribution is 5.84. The summed E-state index contributed by atoms with van der Waals surface area (Å²) in [5.74, 6) is -0.891. The molecule has 1 aliphatic rings. The molecular weight excluding hydrogens is 300 g/mol. The molecule has 2 heterocycles. The maximum atomic E-state index is 12.1. The van der Waals surface area contributed by atoms with Crippen molar-refractivity contribution in [2.24, 2.45) is 5.92 Å². The van der Waals surface area contributed by atoms with Gasteiger partial charge in [-0.15, -0.1) is 0 Å². The molecule has 23 heavy (non-hydrogen) atoms. The lowest BCUT2D eigenvalue weighted by molar-refractivity contribution is 0.0161. The number of aromatic nitrogens is 1. The molecule has 1 amide bonds. The number of amides is 1. The molecular formula is C16H24N2O5. The molecule has 7 nitrogen and oxygen atoms in total. The predicted molar refractivity (Wildman–Crippen MR) is 82.3 cm³/mol. The van der Waals surface area contributed by atoms with Crippen molar-refractivity contribution < 1.29 is 24.0 Å². The number of hydrogen-bond donors (Lipinski definition) is 1. The van der Waals surface area contributed by atoms with Crippen molar-refractivity contribution in [1.29, 1.82) is 0 Å². The summed E-state index contributed by atoms with van der Waals surface area (Å²) in [6, 6.07) is 1.46. The largest absolute Gasteiger partial charge is 0.475 e. The SMILES string of the molecule is CC(C)(C)OC(=O)N1CCCC(CCc2cc(C(=O)O)on2)C1. The average molecular weight is 324 g/mol. The minimum absolute atomic E-state index is 0.140. The molecule has 128 valence electrons. The van der Waals surface area contributed by atoms with Crippen molar-refractivity contribution in [1.82, 2.24) is 10.1 Å². The summed E-state index contributed by atoms with van der Waals surface area (Å²) in [6.07, 6.45) is 3.21. The van der Waals surface area contributed by atoms with Gasteiger partial charge in [-0.05, 0) is 52.4 Å². The van der Waals surface area contributed by atoms with E-state index < -0.39 is 11.6 Å². The molecule has 0 spiro atoms. The van der Waals surface area contributed by atoms with Crippen LogP contribution in [0.4, 0.5) is 4.79 Å². The lowest BCUT2D eigenvalue weighted by Gasteiger charge is -2.34. The van der Waals surface area contributed by atoms with Gasteiger partial charge < -0.3 is 19.3 Å². The molecule has 2 rings (SSSR count). The first-order valence-electron chi connectivity index (χ1n) is 7.91. The third-order valence-corrected chi connectivity index (χ3v) is 3.75. The Bertz CT molecular complexity index is 561. The Hall–Kier alpha value is -2.05. The Balaban J connectivity index is 1.83. The van der Waals surface area contributed by atoms with Crippen LogP contribution in [0.1, 0.15) is 56.3 Å². The predicted octanol–water partition coefficient (Wildman–Crippen LogP) is 2.95. The third-order valence-electron chi connectivity index (χ3n) is 3.75. The monoisotopic (exact) mass is 324 g/mol. The van der Waals surface area contributed by atoms with E-state index in [1.165, 1.54) is 6.07 Å². The molecule has 1 saturated heterocycles. The Kier molecular flexibility index (Phi) is 5.28. The second-order valence-corrected chi connectivity index (χ2v) is 6.96. The zero-order valence-corrected chi connectivity index (χ0v) is 13.9. The van der Waals surface area contributed by atoms with Gasteiger partial charge in [0.25, 0.3) is 0 Å². The maximum Gasteiger partial charge on any atom is 0.410 e. The topological polar surface area (TPSA) is 92.9 Å². The van der Waals surface area contributed by atoms with Crippen molar-refractivity contribution in [2.45, 2.75) is 52.1 Å². The second-order valence-electron chi connectivity index (χ2n) is 6.96. The zero-order chi connectivity index (χ0) is 17.0. The van der Waals surface area contributed by atoms with Crippen molar-refractivity contribution >= 4 is 12.1 Å².